The van der Waals surface area contributed by atoms with E-state index in [4.69, 9.17) is 5.11 Å². The van der Waals surface area contributed by atoms with Crippen LogP contribution in [0.15, 0.2) is 35.9 Å². The molecule has 5 heteroatoms. The molecule has 0 spiro atoms. The van der Waals surface area contributed by atoms with Crippen molar-refractivity contribution in [2.45, 2.75) is 13.3 Å². The summed E-state index contributed by atoms with van der Waals surface area (Å²) in [7, 11) is 0. The lowest BCUT2D eigenvalue weighted by Gasteiger charge is -1.99. The summed E-state index contributed by atoms with van der Waals surface area (Å²) in [5.74, 6) is -1.98. The van der Waals surface area contributed by atoms with Crippen molar-refractivity contribution in [1.82, 2.24) is 0 Å². The number of carboxylic acid groups (broad SMARTS) is 1. The van der Waals surface area contributed by atoms with E-state index >= 15 is 0 Å². The number of Topliss-reactive ketones (excluding diaryl/α,β-unsaturated/α-hetero) is 1. The zero-order valence-corrected chi connectivity index (χ0v) is 11.8. The van der Waals surface area contributed by atoms with Crippen molar-refractivity contribution in [2.75, 3.05) is 0 Å². The number of carbonyl (C=O) groups is 3. The number of hydrogen-bond acceptors (Lipinski definition) is 3. The molecule has 1 rings (SSSR count). The third-order valence-corrected chi connectivity index (χ3v) is 2.93. The fourth-order valence-electron chi connectivity index (χ4n) is 1.25. The second-order valence-corrected chi connectivity index (χ2v) is 4.95. The van der Waals surface area contributed by atoms with Crippen molar-refractivity contribution in [3.63, 3.8) is 0 Å². The van der Waals surface area contributed by atoms with E-state index in [1.165, 1.54) is 6.92 Å². The molecule has 0 saturated carbocycles. The predicted molar refractivity (Wildman–Crippen MR) is 74.5 cm³/mol. The quantitative estimate of drug-likeness (QED) is 0.380. The average Bonchev–Trinajstić information content (AvgIpc) is 2.29. The predicted octanol–water partition coefficient (Wildman–Crippen LogP) is 2.46. The normalized spacial score (nSPS) is 11.1. The van der Waals surface area contributed by atoms with Crippen LogP contribution >= 0.6 is 22.6 Å². The number of carbonyl (C=O) groups excluding carboxylic acids is 2. The van der Waals surface area contributed by atoms with E-state index in [2.05, 4.69) is 22.6 Å². The summed E-state index contributed by atoms with van der Waals surface area (Å²) in [6, 6.07) is 6.84. The molecular weight excluding hydrogens is 347 g/mol. The standard InChI is InChI=1S/C13H11IO4/c1-8(13(17)18)6-11(15)7-12(16)9-2-4-10(14)5-3-9/h2-6H,7H2,1H3,(H,17,18)/b8-6+. The van der Waals surface area contributed by atoms with Crippen molar-refractivity contribution in [3.8, 4) is 0 Å². The molecule has 0 bridgehead atoms. The number of aliphatic carboxylic acids is 1. The lowest BCUT2D eigenvalue weighted by Crippen LogP contribution is -2.08. The number of benzene rings is 1. The average molecular weight is 358 g/mol. The summed E-state index contributed by atoms with van der Waals surface area (Å²) in [5.41, 5.74) is 0.376. The summed E-state index contributed by atoms with van der Waals surface area (Å²) >= 11 is 2.12. The lowest BCUT2D eigenvalue weighted by molar-refractivity contribution is -0.132. The fourth-order valence-corrected chi connectivity index (χ4v) is 1.61. The van der Waals surface area contributed by atoms with E-state index in [-0.39, 0.29) is 17.8 Å². The Balaban J connectivity index is 2.71. The molecule has 0 aliphatic carbocycles. The van der Waals surface area contributed by atoms with Gasteiger partial charge in [0.2, 0.25) is 0 Å². The van der Waals surface area contributed by atoms with Crippen LogP contribution in [0.2, 0.25) is 0 Å². The highest BCUT2D eigenvalue weighted by Crippen LogP contribution is 2.09. The van der Waals surface area contributed by atoms with Gasteiger partial charge in [0.15, 0.2) is 11.6 Å². The first-order valence-electron chi connectivity index (χ1n) is 5.13. The van der Waals surface area contributed by atoms with E-state index in [9.17, 15) is 14.4 Å². The Bertz CT molecular complexity index is 514. The minimum atomic E-state index is -1.16. The second-order valence-electron chi connectivity index (χ2n) is 3.71. The van der Waals surface area contributed by atoms with Crippen LogP contribution in [-0.2, 0) is 9.59 Å². The second kappa shape index (κ2) is 6.44. The Kier molecular flexibility index (Phi) is 5.21. The maximum absolute atomic E-state index is 11.7. The summed E-state index contributed by atoms with van der Waals surface area (Å²) in [4.78, 5) is 33.7. The van der Waals surface area contributed by atoms with Gasteiger partial charge in [-0.15, -0.1) is 0 Å². The molecule has 0 amide bonds. The zero-order valence-electron chi connectivity index (χ0n) is 9.64. The van der Waals surface area contributed by atoms with Gasteiger partial charge in [0.25, 0.3) is 0 Å². The highest BCUT2D eigenvalue weighted by atomic mass is 127. The number of allylic oxidation sites excluding steroid dienone is 1. The molecule has 1 aromatic carbocycles. The van der Waals surface area contributed by atoms with Crippen molar-refractivity contribution >= 4 is 40.1 Å². The van der Waals surface area contributed by atoms with Gasteiger partial charge in [-0.3, -0.25) is 9.59 Å². The topological polar surface area (TPSA) is 71.4 Å². The maximum atomic E-state index is 11.7. The van der Waals surface area contributed by atoms with Crippen LogP contribution in [0.3, 0.4) is 0 Å². The van der Waals surface area contributed by atoms with E-state index < -0.39 is 11.8 Å². The molecule has 18 heavy (non-hydrogen) atoms. The van der Waals surface area contributed by atoms with Crippen LogP contribution in [-0.4, -0.2) is 22.6 Å². The molecule has 0 aliphatic heterocycles. The van der Waals surface area contributed by atoms with E-state index in [0.717, 1.165) is 9.65 Å². The van der Waals surface area contributed by atoms with Crippen LogP contribution in [0.25, 0.3) is 0 Å². The van der Waals surface area contributed by atoms with Gasteiger partial charge in [-0.05, 0) is 47.7 Å². The van der Waals surface area contributed by atoms with E-state index in [0.29, 0.717) is 5.56 Å². The third-order valence-electron chi connectivity index (χ3n) is 2.22. The molecule has 0 atom stereocenters. The number of rotatable bonds is 5. The molecule has 1 aromatic rings. The minimum absolute atomic E-state index is 0.0737. The largest absolute Gasteiger partial charge is 0.478 e. The molecule has 1 N–H and O–H groups in total. The first-order chi connectivity index (χ1) is 8.40. The molecule has 0 aromatic heterocycles. The van der Waals surface area contributed by atoms with Gasteiger partial charge < -0.3 is 5.11 Å². The molecular formula is C13H11IO4. The molecule has 94 valence electrons. The lowest BCUT2D eigenvalue weighted by atomic mass is 10.1. The van der Waals surface area contributed by atoms with Crippen molar-refractivity contribution in [1.29, 1.82) is 0 Å². The number of hydrogen-bond donors (Lipinski definition) is 1. The Morgan fingerprint density at radius 3 is 2.28 bits per heavy atom. The molecule has 0 heterocycles. The summed E-state index contributed by atoms with van der Waals surface area (Å²) in [5, 5.41) is 8.61. The Hall–Kier alpha value is -1.50. The number of ketones is 2. The SMILES string of the molecule is C/C(=C\C(=O)CC(=O)c1ccc(I)cc1)C(=O)O. The first kappa shape index (κ1) is 14.6. The highest BCUT2D eigenvalue weighted by molar-refractivity contribution is 14.1. The maximum Gasteiger partial charge on any atom is 0.331 e. The van der Waals surface area contributed by atoms with Crippen molar-refractivity contribution < 1.29 is 19.5 Å². The zero-order chi connectivity index (χ0) is 13.7. The summed E-state index contributed by atoms with van der Waals surface area (Å²) in [6.45, 7) is 1.32. The van der Waals surface area contributed by atoms with Crippen molar-refractivity contribution in [2.24, 2.45) is 0 Å². The van der Waals surface area contributed by atoms with E-state index in [1.54, 1.807) is 24.3 Å². The molecule has 4 nitrogen and oxygen atoms in total. The Labute approximate surface area is 118 Å². The molecule has 0 fully saturated rings. The monoisotopic (exact) mass is 358 g/mol. The van der Waals surface area contributed by atoms with Crippen molar-refractivity contribution in [3.05, 3.63) is 45.0 Å². The van der Waals surface area contributed by atoms with Gasteiger partial charge >= 0.3 is 5.97 Å². The van der Waals surface area contributed by atoms with Gasteiger partial charge in [0.1, 0.15) is 0 Å². The summed E-state index contributed by atoms with van der Waals surface area (Å²) in [6.07, 6.45) is 0.665. The van der Waals surface area contributed by atoms with Gasteiger partial charge in [-0.25, -0.2) is 4.79 Å². The van der Waals surface area contributed by atoms with Crippen LogP contribution in [0.5, 0.6) is 0 Å². The Morgan fingerprint density at radius 1 is 1.22 bits per heavy atom. The molecule has 0 unspecified atom stereocenters. The fraction of sp³-hybridized carbons (Fsp3) is 0.154. The van der Waals surface area contributed by atoms with Crippen LogP contribution in [0, 0.1) is 3.57 Å². The van der Waals surface area contributed by atoms with Crippen LogP contribution in [0.1, 0.15) is 23.7 Å². The highest BCUT2D eigenvalue weighted by Gasteiger charge is 2.11. The van der Waals surface area contributed by atoms with Gasteiger partial charge in [-0.1, -0.05) is 12.1 Å². The number of halogens is 1. The van der Waals surface area contributed by atoms with Crippen LogP contribution in [0.4, 0.5) is 0 Å². The van der Waals surface area contributed by atoms with Gasteiger partial charge in [0.05, 0.1) is 6.42 Å². The van der Waals surface area contributed by atoms with Gasteiger partial charge in [0, 0.05) is 14.7 Å². The molecule has 0 saturated heterocycles. The molecule has 0 aliphatic rings. The van der Waals surface area contributed by atoms with Gasteiger partial charge in [-0.2, -0.15) is 0 Å². The first-order valence-corrected chi connectivity index (χ1v) is 6.21. The molecule has 0 radical (unpaired) electrons. The van der Waals surface area contributed by atoms with E-state index in [1.807, 2.05) is 0 Å². The Morgan fingerprint density at radius 2 is 1.78 bits per heavy atom. The minimum Gasteiger partial charge on any atom is -0.478 e. The summed E-state index contributed by atoms with van der Waals surface area (Å²) < 4.78 is 0.997. The van der Waals surface area contributed by atoms with Crippen LogP contribution < -0.4 is 0 Å². The third kappa shape index (κ3) is 4.40. The number of carboxylic acids is 1. The smallest absolute Gasteiger partial charge is 0.331 e.